The zero-order valence-corrected chi connectivity index (χ0v) is 9.40. The van der Waals surface area contributed by atoms with E-state index in [0.717, 1.165) is 0 Å². The van der Waals surface area contributed by atoms with Crippen molar-refractivity contribution in [3.8, 4) is 5.75 Å². The number of nitrogens with one attached hydrogen (secondary N) is 1. The Bertz CT molecular complexity index is 392. The maximum absolute atomic E-state index is 11.0. The molecule has 0 bridgehead atoms. The lowest BCUT2D eigenvalue weighted by Gasteiger charge is -2.10. The van der Waals surface area contributed by atoms with Gasteiger partial charge in [-0.1, -0.05) is 12.1 Å². The van der Waals surface area contributed by atoms with Crippen LogP contribution in [0.5, 0.6) is 5.75 Å². The molecule has 1 amide bonds. The highest BCUT2D eigenvalue weighted by Crippen LogP contribution is 2.27. The van der Waals surface area contributed by atoms with Crippen molar-refractivity contribution in [3.05, 3.63) is 24.3 Å². The van der Waals surface area contributed by atoms with Crippen molar-refractivity contribution in [3.63, 3.8) is 0 Å². The summed E-state index contributed by atoms with van der Waals surface area (Å²) in [5, 5.41) is 2.72. The van der Waals surface area contributed by atoms with Gasteiger partial charge in [-0.2, -0.15) is 0 Å². The van der Waals surface area contributed by atoms with Gasteiger partial charge in [-0.15, -0.1) is 0 Å². The third-order valence-corrected chi connectivity index (χ3v) is 2.44. The van der Waals surface area contributed by atoms with E-state index in [1.807, 2.05) is 31.2 Å². The second-order valence-electron chi connectivity index (χ2n) is 3.87. The molecule has 1 fully saturated rings. The van der Waals surface area contributed by atoms with Gasteiger partial charge in [0.25, 0.3) is 0 Å². The van der Waals surface area contributed by atoms with Crippen LogP contribution >= 0.6 is 0 Å². The summed E-state index contributed by atoms with van der Waals surface area (Å²) in [6.07, 6.45) is 0.471. The molecule has 0 aromatic heterocycles. The van der Waals surface area contributed by atoms with E-state index in [9.17, 15) is 4.79 Å². The number of rotatable bonds is 4. The molecule has 1 aliphatic rings. The molecule has 2 atom stereocenters. The van der Waals surface area contributed by atoms with Gasteiger partial charge in [0.15, 0.2) is 0 Å². The Morgan fingerprint density at radius 1 is 1.50 bits per heavy atom. The molecule has 2 rings (SSSR count). The zero-order chi connectivity index (χ0) is 11.5. The van der Waals surface area contributed by atoms with E-state index < -0.39 is 0 Å². The number of benzene rings is 1. The quantitative estimate of drug-likeness (QED) is 0.789. The van der Waals surface area contributed by atoms with E-state index in [2.05, 4.69) is 5.32 Å². The van der Waals surface area contributed by atoms with Gasteiger partial charge in [0.05, 0.1) is 11.8 Å². The number of hydrogen-bond donors (Lipinski definition) is 1. The summed E-state index contributed by atoms with van der Waals surface area (Å²) < 4.78 is 10.8. The molecule has 1 aromatic rings. The van der Waals surface area contributed by atoms with Crippen LogP contribution < -0.4 is 10.1 Å². The summed E-state index contributed by atoms with van der Waals surface area (Å²) in [5.41, 5.74) is 0.698. The van der Waals surface area contributed by atoms with Crippen LogP contribution in [0.25, 0.3) is 0 Å². The average Bonchev–Trinajstić information content (AvgIpc) is 2.93. The number of carbonyl (C=O) groups is 1. The molecule has 86 valence electrons. The normalized spacial score (nSPS) is 22.6. The van der Waals surface area contributed by atoms with Crippen LogP contribution in [-0.4, -0.2) is 24.7 Å². The number of amides is 1. The second-order valence-corrected chi connectivity index (χ2v) is 3.87. The molecular formula is C12H15NO3. The van der Waals surface area contributed by atoms with Crippen LogP contribution in [0.4, 0.5) is 5.69 Å². The van der Waals surface area contributed by atoms with Crippen molar-refractivity contribution >= 4 is 11.6 Å². The first kappa shape index (κ1) is 11.0. The smallest absolute Gasteiger partial charge is 0.221 e. The molecule has 0 aliphatic carbocycles. The van der Waals surface area contributed by atoms with Crippen LogP contribution in [0, 0.1) is 0 Å². The maximum Gasteiger partial charge on any atom is 0.221 e. The lowest BCUT2D eigenvalue weighted by molar-refractivity contribution is -0.114. The monoisotopic (exact) mass is 221 g/mol. The number of hydrogen-bond acceptors (Lipinski definition) is 3. The summed E-state index contributed by atoms with van der Waals surface area (Å²) >= 11 is 0. The minimum absolute atomic E-state index is 0.105. The number of ether oxygens (including phenoxy) is 2. The molecule has 4 nitrogen and oxygen atoms in total. The van der Waals surface area contributed by atoms with Crippen molar-refractivity contribution in [1.82, 2.24) is 0 Å². The Hall–Kier alpha value is -1.55. The van der Waals surface area contributed by atoms with Crippen LogP contribution in [-0.2, 0) is 9.53 Å². The first-order chi connectivity index (χ1) is 7.66. The van der Waals surface area contributed by atoms with E-state index in [4.69, 9.17) is 9.47 Å². The van der Waals surface area contributed by atoms with Gasteiger partial charge in [0, 0.05) is 6.92 Å². The molecular weight excluding hydrogens is 206 g/mol. The molecule has 0 saturated carbocycles. The van der Waals surface area contributed by atoms with E-state index in [0.29, 0.717) is 18.0 Å². The maximum atomic E-state index is 11.0. The van der Waals surface area contributed by atoms with Gasteiger partial charge in [0.1, 0.15) is 18.5 Å². The fourth-order valence-corrected chi connectivity index (χ4v) is 1.46. The first-order valence-corrected chi connectivity index (χ1v) is 5.31. The Morgan fingerprint density at radius 3 is 2.81 bits per heavy atom. The van der Waals surface area contributed by atoms with Gasteiger partial charge in [-0.3, -0.25) is 4.79 Å². The third kappa shape index (κ3) is 2.73. The number of carbonyl (C=O) groups excluding carboxylic acids is 1. The van der Waals surface area contributed by atoms with Gasteiger partial charge in [-0.25, -0.2) is 0 Å². The van der Waals surface area contributed by atoms with Crippen molar-refractivity contribution in [2.24, 2.45) is 0 Å². The minimum Gasteiger partial charge on any atom is -0.489 e. The Balaban J connectivity index is 1.98. The first-order valence-electron chi connectivity index (χ1n) is 5.31. The molecule has 1 saturated heterocycles. The van der Waals surface area contributed by atoms with Gasteiger partial charge < -0.3 is 14.8 Å². The van der Waals surface area contributed by atoms with Gasteiger partial charge in [-0.05, 0) is 19.1 Å². The Labute approximate surface area is 94.6 Å². The average molecular weight is 221 g/mol. The third-order valence-electron chi connectivity index (χ3n) is 2.44. The van der Waals surface area contributed by atoms with Crippen molar-refractivity contribution < 1.29 is 14.3 Å². The molecule has 0 spiro atoms. The van der Waals surface area contributed by atoms with Crippen LogP contribution in [0.3, 0.4) is 0 Å². The summed E-state index contributed by atoms with van der Waals surface area (Å²) in [5.74, 6) is 0.576. The lowest BCUT2D eigenvalue weighted by Crippen LogP contribution is -2.10. The summed E-state index contributed by atoms with van der Waals surface area (Å²) in [6, 6.07) is 7.37. The Morgan fingerprint density at radius 2 is 2.19 bits per heavy atom. The molecule has 16 heavy (non-hydrogen) atoms. The predicted molar refractivity (Wildman–Crippen MR) is 60.6 cm³/mol. The largest absolute Gasteiger partial charge is 0.489 e. The van der Waals surface area contributed by atoms with E-state index >= 15 is 0 Å². The highest BCUT2D eigenvalue weighted by molar-refractivity contribution is 5.90. The SMILES string of the molecule is CC(=O)Nc1ccccc1OC[C@@H]1O[C@H]1C. The molecule has 0 radical (unpaired) electrons. The topological polar surface area (TPSA) is 50.9 Å². The van der Waals surface area contributed by atoms with Gasteiger partial charge >= 0.3 is 0 Å². The molecule has 1 N–H and O–H groups in total. The molecule has 1 aromatic carbocycles. The standard InChI is InChI=1S/C12H15NO3/c1-8-12(16-8)7-15-11-6-4-3-5-10(11)13-9(2)14/h3-6,8,12H,7H2,1-2H3,(H,13,14)/t8-,12-/m0/s1. The zero-order valence-electron chi connectivity index (χ0n) is 9.40. The summed E-state index contributed by atoms with van der Waals surface area (Å²) in [6.45, 7) is 4.01. The number of para-hydroxylation sites is 2. The second kappa shape index (κ2) is 4.53. The number of epoxide rings is 1. The molecule has 4 heteroatoms. The highest BCUT2D eigenvalue weighted by atomic mass is 16.6. The van der Waals surface area contributed by atoms with Crippen LogP contribution in [0.1, 0.15) is 13.8 Å². The summed E-state index contributed by atoms with van der Waals surface area (Å²) in [7, 11) is 0. The van der Waals surface area contributed by atoms with Crippen molar-refractivity contribution in [1.29, 1.82) is 0 Å². The summed E-state index contributed by atoms with van der Waals surface area (Å²) in [4.78, 5) is 11.0. The Kier molecular flexibility index (Phi) is 3.10. The molecule has 0 unspecified atom stereocenters. The van der Waals surface area contributed by atoms with E-state index in [1.54, 1.807) is 0 Å². The number of anilines is 1. The predicted octanol–water partition coefficient (Wildman–Crippen LogP) is 1.81. The van der Waals surface area contributed by atoms with Crippen molar-refractivity contribution in [2.45, 2.75) is 26.1 Å². The highest BCUT2D eigenvalue weighted by Gasteiger charge is 2.34. The van der Waals surface area contributed by atoms with E-state index in [1.165, 1.54) is 6.92 Å². The van der Waals surface area contributed by atoms with E-state index in [-0.39, 0.29) is 18.1 Å². The fourth-order valence-electron chi connectivity index (χ4n) is 1.46. The lowest BCUT2D eigenvalue weighted by atomic mass is 10.3. The van der Waals surface area contributed by atoms with Crippen molar-refractivity contribution in [2.75, 3.05) is 11.9 Å². The van der Waals surface area contributed by atoms with Crippen LogP contribution in [0.2, 0.25) is 0 Å². The van der Waals surface area contributed by atoms with Crippen LogP contribution in [0.15, 0.2) is 24.3 Å². The van der Waals surface area contributed by atoms with Gasteiger partial charge in [0.2, 0.25) is 5.91 Å². The molecule has 1 heterocycles. The molecule has 1 aliphatic heterocycles. The fraction of sp³-hybridized carbons (Fsp3) is 0.417. The minimum atomic E-state index is -0.105.